The van der Waals surface area contributed by atoms with E-state index < -0.39 is 12.0 Å². The Morgan fingerprint density at radius 2 is 1.86 bits per heavy atom. The number of hydrogen-bond acceptors (Lipinski definition) is 3. The molecule has 1 aromatic rings. The molecule has 0 aliphatic heterocycles. The molecule has 1 rings (SSSR count). The fourth-order valence-electron chi connectivity index (χ4n) is 1.82. The van der Waals surface area contributed by atoms with Crippen LogP contribution in [0.2, 0.25) is 10.0 Å². The second-order valence-corrected chi connectivity index (χ2v) is 6.21. The highest BCUT2D eigenvalue weighted by Crippen LogP contribution is 2.22. The van der Waals surface area contributed by atoms with Gasteiger partial charge in [-0.15, -0.1) is 0 Å². The van der Waals surface area contributed by atoms with E-state index in [-0.39, 0.29) is 24.0 Å². The molecule has 0 aromatic heterocycles. The topological polar surface area (TPSA) is 78.4 Å². The highest BCUT2D eigenvalue weighted by Gasteiger charge is 2.11. The van der Waals surface area contributed by atoms with E-state index in [9.17, 15) is 14.7 Å². The Morgan fingerprint density at radius 3 is 2.45 bits per heavy atom. The van der Waals surface area contributed by atoms with Crippen molar-refractivity contribution in [2.24, 2.45) is 5.92 Å². The summed E-state index contributed by atoms with van der Waals surface area (Å²) >= 11 is 11.6. The van der Waals surface area contributed by atoms with Crippen LogP contribution in [0.3, 0.4) is 0 Å². The lowest BCUT2D eigenvalue weighted by molar-refractivity contribution is -0.120. The largest absolute Gasteiger partial charge is 0.391 e. The van der Waals surface area contributed by atoms with Crippen molar-refractivity contribution in [3.63, 3.8) is 0 Å². The van der Waals surface area contributed by atoms with Gasteiger partial charge >= 0.3 is 0 Å². The summed E-state index contributed by atoms with van der Waals surface area (Å²) in [6.07, 6.45) is 0.0188. The molecule has 0 bridgehead atoms. The first kappa shape index (κ1) is 18.7. The number of carbonyl (C=O) groups is 2. The first-order valence-corrected chi connectivity index (χ1v) is 7.73. The molecule has 7 heteroatoms. The van der Waals surface area contributed by atoms with Gasteiger partial charge in [0.25, 0.3) is 5.91 Å². The molecule has 2 amide bonds. The first-order chi connectivity index (χ1) is 10.3. The summed E-state index contributed by atoms with van der Waals surface area (Å²) in [6, 6.07) is 4.47. The molecule has 1 atom stereocenters. The lowest BCUT2D eigenvalue weighted by atomic mass is 10.1. The molecule has 3 N–H and O–H groups in total. The summed E-state index contributed by atoms with van der Waals surface area (Å²) in [5, 5.41) is 15.3. The summed E-state index contributed by atoms with van der Waals surface area (Å²) in [4.78, 5) is 23.5. The summed E-state index contributed by atoms with van der Waals surface area (Å²) in [5.74, 6) is -0.436. The van der Waals surface area contributed by atoms with E-state index in [1.54, 1.807) is 0 Å². The molecule has 0 radical (unpaired) electrons. The predicted molar refractivity (Wildman–Crippen MR) is 87.3 cm³/mol. The summed E-state index contributed by atoms with van der Waals surface area (Å²) < 4.78 is 0. The van der Waals surface area contributed by atoms with Gasteiger partial charge in [0, 0.05) is 12.1 Å². The molecular formula is C15H20Cl2N2O3. The number of rotatable bonds is 7. The Bertz CT molecular complexity index is 536. The van der Waals surface area contributed by atoms with Crippen LogP contribution in [0.1, 0.15) is 30.6 Å². The van der Waals surface area contributed by atoms with E-state index >= 15 is 0 Å². The molecule has 0 saturated heterocycles. The molecule has 5 nitrogen and oxygen atoms in total. The van der Waals surface area contributed by atoms with E-state index in [1.165, 1.54) is 18.2 Å². The Hall–Kier alpha value is -1.30. The lowest BCUT2D eigenvalue weighted by Crippen LogP contribution is -2.40. The average molecular weight is 347 g/mol. The molecule has 1 aromatic carbocycles. The van der Waals surface area contributed by atoms with Gasteiger partial charge in [-0.2, -0.15) is 0 Å². The number of hydrogen-bond donors (Lipinski definition) is 3. The maximum atomic E-state index is 11.9. The highest BCUT2D eigenvalue weighted by molar-refractivity contribution is 6.42. The van der Waals surface area contributed by atoms with Gasteiger partial charge in [0.05, 0.1) is 22.7 Å². The number of benzene rings is 1. The van der Waals surface area contributed by atoms with Crippen LogP contribution in [0.5, 0.6) is 0 Å². The summed E-state index contributed by atoms with van der Waals surface area (Å²) in [7, 11) is 0. The number of nitrogens with one attached hydrogen (secondary N) is 2. The Labute approximate surface area is 140 Å². The normalized spacial score (nSPS) is 12.1. The second-order valence-electron chi connectivity index (χ2n) is 5.40. The minimum absolute atomic E-state index is 0.166. The van der Waals surface area contributed by atoms with Gasteiger partial charge in [0.1, 0.15) is 0 Å². The van der Waals surface area contributed by atoms with Crippen molar-refractivity contribution >= 4 is 35.0 Å². The molecule has 0 fully saturated rings. The fraction of sp³-hybridized carbons (Fsp3) is 0.467. The van der Waals surface area contributed by atoms with E-state index in [0.29, 0.717) is 22.9 Å². The number of aliphatic hydroxyl groups excluding tert-OH is 1. The Morgan fingerprint density at radius 1 is 1.18 bits per heavy atom. The van der Waals surface area contributed by atoms with E-state index in [0.717, 1.165) is 0 Å². The van der Waals surface area contributed by atoms with Gasteiger partial charge in [0.2, 0.25) is 5.91 Å². The Balaban J connectivity index is 2.37. The van der Waals surface area contributed by atoms with Crippen molar-refractivity contribution in [1.29, 1.82) is 0 Å². The van der Waals surface area contributed by atoms with E-state index in [2.05, 4.69) is 10.6 Å². The molecule has 0 spiro atoms. The fourth-order valence-corrected chi connectivity index (χ4v) is 2.12. The van der Waals surface area contributed by atoms with Gasteiger partial charge in [-0.25, -0.2) is 0 Å². The number of amides is 2. The monoisotopic (exact) mass is 346 g/mol. The van der Waals surface area contributed by atoms with Crippen LogP contribution in [0.4, 0.5) is 0 Å². The van der Waals surface area contributed by atoms with Crippen molar-refractivity contribution in [3.05, 3.63) is 33.8 Å². The molecule has 22 heavy (non-hydrogen) atoms. The van der Waals surface area contributed by atoms with Gasteiger partial charge < -0.3 is 15.7 Å². The van der Waals surface area contributed by atoms with Crippen LogP contribution >= 0.6 is 23.2 Å². The van der Waals surface area contributed by atoms with Gasteiger partial charge in [-0.1, -0.05) is 37.0 Å². The van der Waals surface area contributed by atoms with Crippen molar-refractivity contribution in [1.82, 2.24) is 10.6 Å². The minimum Gasteiger partial charge on any atom is -0.391 e. The maximum absolute atomic E-state index is 11.9. The van der Waals surface area contributed by atoms with Gasteiger partial charge in [-0.05, 0) is 30.5 Å². The van der Waals surface area contributed by atoms with Gasteiger partial charge in [0.15, 0.2) is 0 Å². The van der Waals surface area contributed by atoms with Crippen LogP contribution in [0.15, 0.2) is 18.2 Å². The van der Waals surface area contributed by atoms with Crippen molar-refractivity contribution in [3.8, 4) is 0 Å². The standard InChI is InChI=1S/C15H20Cl2N2O3/c1-9(2)5-11(20)7-18-14(21)8-19-15(22)10-3-4-12(16)13(17)6-10/h3-4,6,9,11,20H,5,7-8H2,1-2H3,(H,18,21)(H,19,22). The third kappa shape index (κ3) is 6.64. The van der Waals surface area contributed by atoms with Crippen molar-refractivity contribution in [2.75, 3.05) is 13.1 Å². The third-order valence-corrected chi connectivity index (χ3v) is 3.61. The minimum atomic E-state index is -0.588. The molecule has 0 aliphatic carbocycles. The van der Waals surface area contributed by atoms with Crippen molar-refractivity contribution in [2.45, 2.75) is 26.4 Å². The number of halogens is 2. The zero-order chi connectivity index (χ0) is 16.7. The number of aliphatic hydroxyl groups is 1. The zero-order valence-electron chi connectivity index (χ0n) is 12.5. The van der Waals surface area contributed by atoms with Crippen LogP contribution < -0.4 is 10.6 Å². The second kappa shape index (κ2) is 8.98. The zero-order valence-corrected chi connectivity index (χ0v) is 14.0. The van der Waals surface area contributed by atoms with E-state index in [4.69, 9.17) is 23.2 Å². The highest BCUT2D eigenvalue weighted by atomic mass is 35.5. The molecular weight excluding hydrogens is 327 g/mol. The molecule has 122 valence electrons. The first-order valence-electron chi connectivity index (χ1n) is 6.97. The third-order valence-electron chi connectivity index (χ3n) is 2.87. The molecule has 0 aliphatic rings. The predicted octanol–water partition coefficient (Wildman–Crippen LogP) is 2.25. The molecule has 0 saturated carbocycles. The molecule has 1 unspecified atom stereocenters. The van der Waals surface area contributed by atoms with E-state index in [1.807, 2.05) is 13.8 Å². The van der Waals surface area contributed by atoms with Crippen molar-refractivity contribution < 1.29 is 14.7 Å². The van der Waals surface area contributed by atoms with Crippen LogP contribution in [0, 0.1) is 5.92 Å². The average Bonchev–Trinajstić information content (AvgIpc) is 2.44. The summed E-state index contributed by atoms with van der Waals surface area (Å²) in [5.41, 5.74) is 0.321. The lowest BCUT2D eigenvalue weighted by Gasteiger charge is -2.14. The van der Waals surface area contributed by atoms with Crippen LogP contribution in [-0.4, -0.2) is 36.1 Å². The quantitative estimate of drug-likeness (QED) is 0.708. The SMILES string of the molecule is CC(C)CC(O)CNC(=O)CNC(=O)c1ccc(Cl)c(Cl)c1. The van der Waals surface area contributed by atoms with Crippen LogP contribution in [0.25, 0.3) is 0 Å². The van der Waals surface area contributed by atoms with Gasteiger partial charge in [-0.3, -0.25) is 9.59 Å². The number of carbonyl (C=O) groups excluding carboxylic acids is 2. The maximum Gasteiger partial charge on any atom is 0.251 e. The summed E-state index contributed by atoms with van der Waals surface area (Å²) in [6.45, 7) is 3.97. The molecule has 0 heterocycles. The smallest absolute Gasteiger partial charge is 0.251 e. The Kier molecular flexibility index (Phi) is 7.65. The van der Waals surface area contributed by atoms with Crippen LogP contribution in [-0.2, 0) is 4.79 Å².